The van der Waals surface area contributed by atoms with E-state index in [0.29, 0.717) is 0 Å². The Morgan fingerprint density at radius 3 is 1.00 bits per heavy atom. The minimum atomic E-state index is -0.0973. The quantitative estimate of drug-likeness (QED) is 0.178. The molecule has 0 heterocycles. The van der Waals surface area contributed by atoms with E-state index < -0.39 is 0 Å². The summed E-state index contributed by atoms with van der Waals surface area (Å²) < 4.78 is 0. The lowest BCUT2D eigenvalue weighted by Gasteiger charge is -2.36. The second kappa shape index (κ2) is 7.69. The summed E-state index contributed by atoms with van der Waals surface area (Å²) in [6.07, 6.45) is 0. The molecule has 46 heavy (non-hydrogen) atoms. The van der Waals surface area contributed by atoms with Crippen LogP contribution in [0.5, 0.6) is 0 Å². The third-order valence-corrected chi connectivity index (χ3v) is 13.2. The molecule has 0 nitrogen and oxygen atoms in total. The van der Waals surface area contributed by atoms with Crippen LogP contribution in [0.25, 0.3) is 54.9 Å². The van der Waals surface area contributed by atoms with Crippen molar-refractivity contribution in [3.8, 4) is 33.4 Å². The van der Waals surface area contributed by atoms with Gasteiger partial charge in [-0.15, -0.1) is 0 Å². The van der Waals surface area contributed by atoms with Crippen LogP contribution in [-0.2, 0) is 21.7 Å². The first-order chi connectivity index (χ1) is 21.7. The lowest BCUT2D eigenvalue weighted by atomic mass is 9.66. The Morgan fingerprint density at radius 2 is 0.652 bits per heavy atom. The summed E-state index contributed by atoms with van der Waals surface area (Å²) in [5.74, 6) is 0. The topological polar surface area (TPSA) is 0 Å². The summed E-state index contributed by atoms with van der Waals surface area (Å²) in [6, 6.07) is 29.3. The molecule has 0 unspecified atom stereocenters. The largest absolute Gasteiger partial charge is 0.0613 e. The third-order valence-electron chi connectivity index (χ3n) is 13.2. The number of benzene rings is 6. The molecule has 0 radical (unpaired) electrons. The maximum Gasteiger partial charge on any atom is 0.0159 e. The van der Waals surface area contributed by atoms with Crippen LogP contribution in [0.4, 0.5) is 0 Å². The highest BCUT2D eigenvalue weighted by Crippen LogP contribution is 2.63. The van der Waals surface area contributed by atoms with E-state index in [-0.39, 0.29) is 21.7 Å². The van der Waals surface area contributed by atoms with Crippen LogP contribution in [0, 0.1) is 13.8 Å². The van der Waals surface area contributed by atoms with Crippen molar-refractivity contribution in [3.63, 3.8) is 0 Å². The smallest absolute Gasteiger partial charge is 0.0159 e. The van der Waals surface area contributed by atoms with E-state index in [0.717, 1.165) is 0 Å². The van der Waals surface area contributed by atoms with Crippen LogP contribution in [0.15, 0.2) is 72.8 Å². The van der Waals surface area contributed by atoms with Gasteiger partial charge in [-0.1, -0.05) is 104 Å². The van der Waals surface area contributed by atoms with Crippen molar-refractivity contribution in [1.29, 1.82) is 0 Å². The van der Waals surface area contributed by atoms with Gasteiger partial charge < -0.3 is 0 Å². The summed E-state index contributed by atoms with van der Waals surface area (Å²) >= 11 is 0. The maximum absolute atomic E-state index is 2.57. The van der Waals surface area contributed by atoms with Crippen molar-refractivity contribution < 1.29 is 0 Å². The Labute approximate surface area is 273 Å². The molecule has 0 aliphatic heterocycles. The van der Waals surface area contributed by atoms with Gasteiger partial charge in [-0.05, 0) is 149 Å². The minimum absolute atomic E-state index is 0.0657. The first-order valence-corrected chi connectivity index (χ1v) is 17.2. The van der Waals surface area contributed by atoms with Crippen molar-refractivity contribution >= 4 is 21.5 Å². The highest BCUT2D eigenvalue weighted by Gasteiger charge is 2.47. The number of rotatable bonds is 1. The number of hydrogen-bond donors (Lipinski definition) is 0. The van der Waals surface area contributed by atoms with Crippen LogP contribution < -0.4 is 0 Å². The first kappa shape index (κ1) is 27.0. The maximum atomic E-state index is 2.57. The Kier molecular flexibility index (Phi) is 4.51. The van der Waals surface area contributed by atoms with Crippen molar-refractivity contribution in [2.45, 2.75) is 90.9 Å². The Balaban J connectivity index is 1.31. The van der Waals surface area contributed by atoms with Gasteiger partial charge in [-0.3, -0.25) is 0 Å². The normalized spacial score (nSPS) is 18.9. The molecule has 0 bridgehead atoms. The zero-order chi connectivity index (χ0) is 32.0. The van der Waals surface area contributed by atoms with Gasteiger partial charge in [0.25, 0.3) is 0 Å². The standard InChI is InChI=1S/C46H42/c1-23-17-31-41-37-27(23)13-11-15-29(37)43(3,4)33-19-25(21-35(39(33)41)45(31,7)8)26-20-34-40-36(22-26)46(9,10)32-18-24(2)28-14-12-16-30(44(34,5)6)38(28)42(32)40/h11-22H,1-10H3. The summed E-state index contributed by atoms with van der Waals surface area (Å²) in [6.45, 7) is 24.3. The molecule has 0 saturated carbocycles. The van der Waals surface area contributed by atoms with E-state index in [1.165, 1.54) is 111 Å². The van der Waals surface area contributed by atoms with Gasteiger partial charge >= 0.3 is 0 Å². The molecule has 0 heteroatoms. The summed E-state index contributed by atoms with van der Waals surface area (Å²) in [4.78, 5) is 0. The fraction of sp³-hybridized carbons (Fsp3) is 0.304. The Bertz CT molecular complexity index is 2300. The second-order valence-electron chi connectivity index (χ2n) is 17.1. The second-order valence-corrected chi connectivity index (χ2v) is 17.1. The van der Waals surface area contributed by atoms with Gasteiger partial charge in [-0.2, -0.15) is 0 Å². The monoisotopic (exact) mass is 594 g/mol. The Morgan fingerprint density at radius 1 is 0.348 bits per heavy atom. The SMILES string of the molecule is Cc1cc2c3c4c(cccc14)C(C)(C)c1cc(-c4cc5c6c(c4)C(C)(C)c4cccc7c(C)cc(c-6c47)C5(C)C)cc(c1-3)C2(C)C. The molecule has 0 amide bonds. The lowest BCUT2D eigenvalue weighted by molar-refractivity contribution is 0.637. The van der Waals surface area contributed by atoms with Crippen molar-refractivity contribution in [1.82, 2.24) is 0 Å². The van der Waals surface area contributed by atoms with Gasteiger partial charge in [0, 0.05) is 21.7 Å². The molecule has 0 aromatic heterocycles. The van der Waals surface area contributed by atoms with Crippen molar-refractivity contribution in [2.75, 3.05) is 0 Å². The van der Waals surface area contributed by atoms with Gasteiger partial charge in [-0.25, -0.2) is 0 Å². The van der Waals surface area contributed by atoms with Gasteiger partial charge in [0.15, 0.2) is 0 Å². The number of aryl methyl sites for hydroxylation is 2. The van der Waals surface area contributed by atoms with E-state index in [1.54, 1.807) is 0 Å². The first-order valence-electron chi connectivity index (χ1n) is 17.2. The van der Waals surface area contributed by atoms with Crippen molar-refractivity contribution in [2.24, 2.45) is 0 Å². The average Bonchev–Trinajstić information content (AvgIpc) is 3.38. The molecule has 0 atom stereocenters. The van der Waals surface area contributed by atoms with Gasteiger partial charge in [0.05, 0.1) is 0 Å². The van der Waals surface area contributed by atoms with Crippen LogP contribution in [0.2, 0.25) is 0 Å². The molecule has 0 saturated heterocycles. The summed E-state index contributed by atoms with van der Waals surface area (Å²) in [5.41, 5.74) is 23.0. The molecule has 6 aromatic rings. The molecular weight excluding hydrogens is 553 g/mol. The molecule has 4 aliphatic carbocycles. The van der Waals surface area contributed by atoms with E-state index in [4.69, 9.17) is 0 Å². The predicted octanol–water partition coefficient (Wildman–Crippen LogP) is 12.2. The van der Waals surface area contributed by atoms with Gasteiger partial charge in [0.1, 0.15) is 0 Å². The molecule has 10 rings (SSSR count). The van der Waals surface area contributed by atoms with Crippen LogP contribution in [0.1, 0.15) is 111 Å². The zero-order valence-corrected chi connectivity index (χ0v) is 28.9. The van der Waals surface area contributed by atoms with Gasteiger partial charge in [0.2, 0.25) is 0 Å². The average molecular weight is 595 g/mol. The van der Waals surface area contributed by atoms with E-state index in [9.17, 15) is 0 Å². The molecule has 0 fully saturated rings. The Hall–Kier alpha value is -4.16. The molecule has 4 aliphatic rings. The molecule has 226 valence electrons. The van der Waals surface area contributed by atoms with Crippen LogP contribution in [0.3, 0.4) is 0 Å². The minimum Gasteiger partial charge on any atom is -0.0613 e. The van der Waals surface area contributed by atoms with E-state index in [1.807, 2.05) is 0 Å². The lowest BCUT2D eigenvalue weighted by Crippen LogP contribution is -2.24. The fourth-order valence-electron chi connectivity index (χ4n) is 10.6. The fourth-order valence-corrected chi connectivity index (χ4v) is 10.6. The zero-order valence-electron chi connectivity index (χ0n) is 28.9. The van der Waals surface area contributed by atoms with E-state index in [2.05, 4.69) is 142 Å². The van der Waals surface area contributed by atoms with E-state index >= 15 is 0 Å². The molecule has 6 aromatic carbocycles. The van der Waals surface area contributed by atoms with Crippen LogP contribution in [-0.4, -0.2) is 0 Å². The highest BCUT2D eigenvalue weighted by atomic mass is 14.5. The molecule has 0 N–H and O–H groups in total. The highest BCUT2D eigenvalue weighted by molar-refractivity contribution is 6.11. The predicted molar refractivity (Wildman–Crippen MR) is 196 cm³/mol. The van der Waals surface area contributed by atoms with Crippen LogP contribution >= 0.6 is 0 Å². The summed E-state index contributed by atoms with van der Waals surface area (Å²) in [5, 5.41) is 5.79. The molecule has 0 spiro atoms. The molecular formula is C46H42. The summed E-state index contributed by atoms with van der Waals surface area (Å²) in [7, 11) is 0. The third kappa shape index (κ3) is 2.75. The van der Waals surface area contributed by atoms with Crippen molar-refractivity contribution in [3.05, 3.63) is 128 Å². The number of hydrogen-bond acceptors (Lipinski definition) is 0.